The minimum atomic E-state index is 0.876. The highest BCUT2D eigenvalue weighted by Gasteiger charge is 2.26. The van der Waals surface area contributed by atoms with Crippen LogP contribution in [0.2, 0.25) is 0 Å². The maximum absolute atomic E-state index is 4.93. The molecule has 3 aromatic rings. The summed E-state index contributed by atoms with van der Waals surface area (Å²) in [4.78, 5) is 16.9. The fourth-order valence-corrected chi connectivity index (χ4v) is 5.84. The predicted octanol–water partition coefficient (Wildman–Crippen LogP) is 1.05. The zero-order chi connectivity index (χ0) is 19.6. The van der Waals surface area contributed by atoms with E-state index in [2.05, 4.69) is 40.6 Å². The summed E-state index contributed by atoms with van der Waals surface area (Å²) < 4.78 is 0. The standard InChI is InChI=1S/C23H29N5S/c1-18-24-22(21-20(17-29-23(21)25-18)19-7-3-2-4-8-19)28-15-13-27(14-16-28)12-11-26-9-5-6-10-26/h2-4,7-8,17H,5-6,9-16H2,1H3/p+2. The van der Waals surface area contributed by atoms with Crippen LogP contribution in [-0.2, 0) is 0 Å². The Hall–Kier alpha value is -2.02. The molecule has 6 heteroatoms. The summed E-state index contributed by atoms with van der Waals surface area (Å²) in [6.45, 7) is 12.0. The van der Waals surface area contributed by atoms with E-state index in [0.29, 0.717) is 0 Å². The zero-order valence-electron chi connectivity index (χ0n) is 17.3. The van der Waals surface area contributed by atoms with Crippen molar-refractivity contribution in [3.05, 3.63) is 41.5 Å². The molecule has 152 valence electrons. The second-order valence-corrected chi connectivity index (χ2v) is 9.34. The average Bonchev–Trinajstić information content (AvgIpc) is 3.42. The number of aromatic nitrogens is 2. The number of benzene rings is 1. The lowest BCUT2D eigenvalue weighted by Gasteiger charge is -2.33. The molecular weight excluding hydrogens is 378 g/mol. The number of thiophene rings is 1. The van der Waals surface area contributed by atoms with E-state index in [0.717, 1.165) is 29.6 Å². The first-order valence-electron chi connectivity index (χ1n) is 11.0. The van der Waals surface area contributed by atoms with Crippen molar-refractivity contribution in [3.63, 3.8) is 0 Å². The fourth-order valence-electron chi connectivity index (χ4n) is 4.85. The summed E-state index contributed by atoms with van der Waals surface area (Å²) >= 11 is 1.74. The number of aryl methyl sites for hydroxylation is 1. The van der Waals surface area contributed by atoms with Crippen molar-refractivity contribution >= 4 is 27.4 Å². The first-order valence-corrected chi connectivity index (χ1v) is 11.9. The largest absolute Gasteiger partial charge is 0.345 e. The third-order valence-electron chi connectivity index (χ3n) is 6.52. The van der Waals surface area contributed by atoms with Gasteiger partial charge >= 0.3 is 0 Å². The molecule has 0 atom stereocenters. The van der Waals surface area contributed by atoms with E-state index in [1.807, 2.05) is 11.8 Å². The number of rotatable bonds is 5. The number of quaternary nitrogens is 2. The van der Waals surface area contributed by atoms with Crippen LogP contribution in [0.25, 0.3) is 21.3 Å². The van der Waals surface area contributed by atoms with Crippen LogP contribution in [0.4, 0.5) is 5.82 Å². The highest BCUT2D eigenvalue weighted by atomic mass is 32.1. The number of nitrogens with one attached hydrogen (secondary N) is 2. The zero-order valence-corrected chi connectivity index (χ0v) is 18.1. The monoisotopic (exact) mass is 409 g/mol. The van der Waals surface area contributed by atoms with E-state index >= 15 is 0 Å². The lowest BCUT2D eigenvalue weighted by molar-refractivity contribution is -0.952. The highest BCUT2D eigenvalue weighted by Crippen LogP contribution is 2.38. The number of likely N-dealkylation sites (tertiary alicyclic amines) is 1. The van der Waals surface area contributed by atoms with Crippen LogP contribution in [0, 0.1) is 6.92 Å². The Balaban J connectivity index is 1.35. The molecule has 5 rings (SSSR count). The van der Waals surface area contributed by atoms with Crippen LogP contribution in [-0.4, -0.2) is 62.3 Å². The molecule has 0 saturated carbocycles. The first-order chi connectivity index (χ1) is 14.3. The Kier molecular flexibility index (Phi) is 5.48. The summed E-state index contributed by atoms with van der Waals surface area (Å²) in [5.41, 5.74) is 2.53. The molecule has 0 spiro atoms. The normalized spacial score (nSPS) is 18.7. The predicted molar refractivity (Wildman–Crippen MR) is 120 cm³/mol. The average molecular weight is 410 g/mol. The molecule has 5 nitrogen and oxygen atoms in total. The third kappa shape index (κ3) is 4.02. The summed E-state index contributed by atoms with van der Waals surface area (Å²) in [7, 11) is 0. The molecule has 2 aliphatic rings. The van der Waals surface area contributed by atoms with Crippen LogP contribution in [0.1, 0.15) is 18.7 Å². The van der Waals surface area contributed by atoms with Gasteiger partial charge in [-0.25, -0.2) is 9.97 Å². The number of hydrogen-bond donors (Lipinski definition) is 2. The van der Waals surface area contributed by atoms with Crippen molar-refractivity contribution in [3.8, 4) is 11.1 Å². The van der Waals surface area contributed by atoms with Gasteiger partial charge in [0.25, 0.3) is 0 Å². The number of hydrogen-bond acceptors (Lipinski definition) is 4. The van der Waals surface area contributed by atoms with E-state index in [9.17, 15) is 0 Å². The number of fused-ring (bicyclic) bond motifs is 1. The van der Waals surface area contributed by atoms with Crippen molar-refractivity contribution in [1.29, 1.82) is 0 Å². The van der Waals surface area contributed by atoms with Crippen molar-refractivity contribution < 1.29 is 9.80 Å². The molecule has 0 unspecified atom stereocenters. The molecule has 0 aliphatic carbocycles. The molecule has 2 aliphatic heterocycles. The van der Waals surface area contributed by atoms with Crippen molar-refractivity contribution in [2.24, 2.45) is 0 Å². The molecule has 2 N–H and O–H groups in total. The first kappa shape index (κ1) is 19.0. The summed E-state index contributed by atoms with van der Waals surface area (Å²) in [5.74, 6) is 2.01. The molecular formula is C23H31N5S+2. The highest BCUT2D eigenvalue weighted by molar-refractivity contribution is 7.17. The van der Waals surface area contributed by atoms with Crippen LogP contribution in [0.15, 0.2) is 35.7 Å². The minimum Gasteiger partial charge on any atom is -0.345 e. The molecule has 1 aromatic carbocycles. The summed E-state index contributed by atoms with van der Waals surface area (Å²) in [6, 6.07) is 10.7. The molecule has 0 radical (unpaired) electrons. The maximum Gasteiger partial charge on any atom is 0.142 e. The Bertz CT molecular complexity index is 956. The van der Waals surface area contributed by atoms with Crippen molar-refractivity contribution in [1.82, 2.24) is 9.97 Å². The SMILES string of the molecule is Cc1nc(N2CC[NH+](CC[NH+]3CCCC3)CC2)c2c(-c3ccccc3)csc2n1. The maximum atomic E-state index is 4.93. The Morgan fingerprint density at radius 3 is 2.34 bits per heavy atom. The fraction of sp³-hybridized carbons (Fsp3) is 0.478. The Morgan fingerprint density at radius 2 is 1.62 bits per heavy atom. The topological polar surface area (TPSA) is 37.9 Å². The second kappa shape index (κ2) is 8.38. The molecule has 0 amide bonds. The number of anilines is 1. The van der Waals surface area contributed by atoms with Gasteiger partial charge in [0.15, 0.2) is 0 Å². The van der Waals surface area contributed by atoms with Crippen LogP contribution < -0.4 is 14.7 Å². The van der Waals surface area contributed by atoms with Gasteiger partial charge in [0, 0.05) is 23.8 Å². The quantitative estimate of drug-likeness (QED) is 0.662. The van der Waals surface area contributed by atoms with Gasteiger partial charge in [-0.05, 0) is 12.5 Å². The minimum absolute atomic E-state index is 0.876. The van der Waals surface area contributed by atoms with E-state index < -0.39 is 0 Å². The van der Waals surface area contributed by atoms with E-state index in [1.54, 1.807) is 16.2 Å². The molecule has 0 bridgehead atoms. The summed E-state index contributed by atoms with van der Waals surface area (Å²) in [5, 5.41) is 3.48. The van der Waals surface area contributed by atoms with Gasteiger partial charge in [-0.2, -0.15) is 0 Å². The van der Waals surface area contributed by atoms with E-state index in [-0.39, 0.29) is 0 Å². The van der Waals surface area contributed by atoms with Gasteiger partial charge in [-0.3, -0.25) is 0 Å². The Labute approximate surface area is 177 Å². The van der Waals surface area contributed by atoms with Gasteiger partial charge in [-0.1, -0.05) is 30.3 Å². The van der Waals surface area contributed by atoms with Gasteiger partial charge in [0.05, 0.1) is 44.7 Å². The lowest BCUT2D eigenvalue weighted by Crippen LogP contribution is -3.21. The smallest absolute Gasteiger partial charge is 0.142 e. The molecule has 2 fully saturated rings. The second-order valence-electron chi connectivity index (χ2n) is 8.48. The van der Waals surface area contributed by atoms with Crippen LogP contribution in [0.5, 0.6) is 0 Å². The summed E-state index contributed by atoms with van der Waals surface area (Å²) in [6.07, 6.45) is 2.85. The van der Waals surface area contributed by atoms with Gasteiger partial charge < -0.3 is 14.7 Å². The van der Waals surface area contributed by atoms with Gasteiger partial charge in [-0.15, -0.1) is 11.3 Å². The van der Waals surface area contributed by atoms with Gasteiger partial charge in [0.2, 0.25) is 0 Å². The van der Waals surface area contributed by atoms with E-state index in [4.69, 9.17) is 9.97 Å². The van der Waals surface area contributed by atoms with Crippen LogP contribution >= 0.6 is 11.3 Å². The van der Waals surface area contributed by atoms with E-state index in [1.165, 1.54) is 68.6 Å². The lowest BCUT2D eigenvalue weighted by atomic mass is 10.1. The van der Waals surface area contributed by atoms with Crippen molar-refractivity contribution in [2.75, 3.05) is 57.3 Å². The Morgan fingerprint density at radius 1 is 0.931 bits per heavy atom. The molecule has 4 heterocycles. The van der Waals surface area contributed by atoms with Crippen molar-refractivity contribution in [2.45, 2.75) is 19.8 Å². The molecule has 2 aromatic heterocycles. The van der Waals surface area contributed by atoms with Gasteiger partial charge in [0.1, 0.15) is 29.6 Å². The molecule has 2 saturated heterocycles. The molecule has 29 heavy (non-hydrogen) atoms. The third-order valence-corrected chi connectivity index (χ3v) is 7.40. The van der Waals surface area contributed by atoms with Crippen LogP contribution in [0.3, 0.4) is 0 Å². The number of nitrogens with zero attached hydrogens (tertiary/aromatic N) is 3. The number of piperazine rings is 1.